The molecule has 5 nitrogen and oxygen atoms in total. The van der Waals surface area contributed by atoms with Crippen LogP contribution >= 0.6 is 0 Å². The van der Waals surface area contributed by atoms with Crippen LogP contribution in [0.2, 0.25) is 0 Å². The van der Waals surface area contributed by atoms with E-state index in [1.165, 1.54) is 12.8 Å². The van der Waals surface area contributed by atoms with Gasteiger partial charge in [0.1, 0.15) is 0 Å². The molecule has 142 valence electrons. The molecule has 0 spiro atoms. The molecule has 0 amide bonds. The standard InChI is InChI=1S/C23H24N4O/c28-23-22-20(16-27(25-22)18-6-2-1-3-7-18)19-8-4-5-9-21(19)26(23)15-12-17-10-13-24-14-11-17/h1-9,16-17,24H,10-15H2. The summed E-state index contributed by atoms with van der Waals surface area (Å²) in [5.41, 5.74) is 2.52. The summed E-state index contributed by atoms with van der Waals surface area (Å²) >= 11 is 0. The fourth-order valence-corrected chi connectivity index (χ4v) is 4.32. The first-order chi connectivity index (χ1) is 13.8. The summed E-state index contributed by atoms with van der Waals surface area (Å²) in [6.07, 6.45) is 5.40. The highest BCUT2D eigenvalue weighted by molar-refractivity contribution is 6.04. The van der Waals surface area contributed by atoms with Crippen LogP contribution in [0.15, 0.2) is 65.6 Å². The Hall–Kier alpha value is -2.92. The lowest BCUT2D eigenvalue weighted by atomic mass is 9.94. The van der Waals surface area contributed by atoms with Crippen LogP contribution in [0.5, 0.6) is 0 Å². The first-order valence-corrected chi connectivity index (χ1v) is 10.1. The number of hydrogen-bond donors (Lipinski definition) is 1. The molecule has 28 heavy (non-hydrogen) atoms. The van der Waals surface area contributed by atoms with Gasteiger partial charge in [-0.25, -0.2) is 4.68 Å². The van der Waals surface area contributed by atoms with E-state index in [9.17, 15) is 4.79 Å². The molecule has 5 rings (SSSR count). The van der Waals surface area contributed by atoms with Gasteiger partial charge in [0.15, 0.2) is 5.52 Å². The number of pyridine rings is 1. The fraction of sp³-hybridized carbons (Fsp3) is 0.304. The molecule has 0 aliphatic carbocycles. The number of para-hydroxylation sites is 2. The third kappa shape index (κ3) is 3.02. The summed E-state index contributed by atoms with van der Waals surface area (Å²) < 4.78 is 3.75. The van der Waals surface area contributed by atoms with Gasteiger partial charge in [-0.3, -0.25) is 4.79 Å². The molecule has 0 bridgehead atoms. The number of piperidine rings is 1. The minimum Gasteiger partial charge on any atom is -0.317 e. The predicted molar refractivity (Wildman–Crippen MR) is 113 cm³/mol. The van der Waals surface area contributed by atoms with E-state index in [2.05, 4.69) is 22.5 Å². The summed E-state index contributed by atoms with van der Waals surface area (Å²) in [4.78, 5) is 13.3. The Labute approximate surface area is 163 Å². The van der Waals surface area contributed by atoms with Crippen molar-refractivity contribution < 1.29 is 0 Å². The molecule has 1 aliphatic rings. The van der Waals surface area contributed by atoms with Crippen LogP contribution in [0.1, 0.15) is 19.3 Å². The molecule has 5 heteroatoms. The lowest BCUT2D eigenvalue weighted by Crippen LogP contribution is -2.29. The second-order valence-electron chi connectivity index (χ2n) is 7.63. The van der Waals surface area contributed by atoms with Gasteiger partial charge < -0.3 is 9.88 Å². The van der Waals surface area contributed by atoms with Gasteiger partial charge in [-0.2, -0.15) is 5.10 Å². The molecule has 0 unspecified atom stereocenters. The van der Waals surface area contributed by atoms with E-state index < -0.39 is 0 Å². The zero-order valence-corrected chi connectivity index (χ0v) is 15.8. The molecular weight excluding hydrogens is 348 g/mol. The molecule has 0 radical (unpaired) electrons. The largest absolute Gasteiger partial charge is 0.317 e. The van der Waals surface area contributed by atoms with Crippen LogP contribution in [-0.4, -0.2) is 27.4 Å². The average Bonchev–Trinajstić information content (AvgIpc) is 3.21. The van der Waals surface area contributed by atoms with Gasteiger partial charge in [0.05, 0.1) is 11.2 Å². The Morgan fingerprint density at radius 3 is 2.54 bits per heavy atom. The van der Waals surface area contributed by atoms with Gasteiger partial charge in [0.25, 0.3) is 5.56 Å². The molecule has 0 atom stereocenters. The van der Waals surface area contributed by atoms with Crippen molar-refractivity contribution in [3.63, 3.8) is 0 Å². The number of fused-ring (bicyclic) bond motifs is 3. The van der Waals surface area contributed by atoms with Gasteiger partial charge in [-0.15, -0.1) is 0 Å². The summed E-state index contributed by atoms with van der Waals surface area (Å²) in [6, 6.07) is 18.1. The van der Waals surface area contributed by atoms with Crippen molar-refractivity contribution in [1.29, 1.82) is 0 Å². The third-order valence-electron chi connectivity index (χ3n) is 5.89. The molecule has 1 fully saturated rings. The molecule has 3 heterocycles. The Bertz CT molecular complexity index is 1170. The zero-order chi connectivity index (χ0) is 18.9. The van der Waals surface area contributed by atoms with Crippen LogP contribution in [0, 0.1) is 5.92 Å². The molecule has 1 N–H and O–H groups in total. The molecule has 1 aliphatic heterocycles. The number of aromatic nitrogens is 3. The second kappa shape index (κ2) is 7.24. The number of nitrogens with one attached hydrogen (secondary N) is 1. The van der Waals surface area contributed by atoms with Crippen molar-refractivity contribution in [2.75, 3.05) is 13.1 Å². The van der Waals surface area contributed by atoms with Crippen molar-refractivity contribution in [2.45, 2.75) is 25.8 Å². The fourth-order valence-electron chi connectivity index (χ4n) is 4.32. The van der Waals surface area contributed by atoms with Crippen molar-refractivity contribution in [2.24, 2.45) is 5.92 Å². The minimum atomic E-state index is 0.0114. The van der Waals surface area contributed by atoms with Crippen molar-refractivity contribution >= 4 is 21.8 Å². The monoisotopic (exact) mass is 372 g/mol. The number of rotatable bonds is 4. The van der Waals surface area contributed by atoms with Crippen LogP contribution in [0.3, 0.4) is 0 Å². The molecule has 2 aromatic heterocycles. The lowest BCUT2D eigenvalue weighted by Gasteiger charge is -2.23. The van der Waals surface area contributed by atoms with E-state index in [1.54, 1.807) is 0 Å². The maximum absolute atomic E-state index is 13.3. The number of hydrogen-bond acceptors (Lipinski definition) is 3. The Morgan fingerprint density at radius 1 is 0.964 bits per heavy atom. The lowest BCUT2D eigenvalue weighted by molar-refractivity contribution is 0.338. The maximum atomic E-state index is 13.3. The molecule has 1 saturated heterocycles. The quantitative estimate of drug-likeness (QED) is 0.594. The van der Waals surface area contributed by atoms with E-state index in [0.717, 1.165) is 48.0 Å². The van der Waals surface area contributed by atoms with Gasteiger partial charge in [0.2, 0.25) is 0 Å². The number of aryl methyl sites for hydroxylation is 1. The first-order valence-electron chi connectivity index (χ1n) is 10.1. The number of benzene rings is 2. The molecule has 2 aromatic carbocycles. The molecular formula is C23H24N4O. The van der Waals surface area contributed by atoms with Crippen LogP contribution in [0.4, 0.5) is 0 Å². The summed E-state index contributed by atoms with van der Waals surface area (Å²) in [5, 5.41) is 10.1. The molecule has 4 aromatic rings. The summed E-state index contributed by atoms with van der Waals surface area (Å²) in [5.74, 6) is 0.685. The van der Waals surface area contributed by atoms with Crippen LogP contribution < -0.4 is 10.9 Å². The first kappa shape index (κ1) is 17.2. The van der Waals surface area contributed by atoms with E-state index >= 15 is 0 Å². The normalized spacial score (nSPS) is 15.4. The second-order valence-corrected chi connectivity index (χ2v) is 7.63. The van der Waals surface area contributed by atoms with E-state index in [0.29, 0.717) is 11.4 Å². The van der Waals surface area contributed by atoms with Gasteiger partial charge >= 0.3 is 0 Å². The molecule has 0 saturated carbocycles. The van der Waals surface area contributed by atoms with Crippen molar-refractivity contribution in [3.8, 4) is 5.69 Å². The maximum Gasteiger partial charge on any atom is 0.279 e. The third-order valence-corrected chi connectivity index (χ3v) is 5.89. The van der Waals surface area contributed by atoms with Crippen LogP contribution in [-0.2, 0) is 6.54 Å². The predicted octanol–water partition coefficient (Wildman–Crippen LogP) is 3.73. The SMILES string of the molecule is O=c1c2nn(-c3ccccc3)cc2c2ccccc2n1CCC1CCNCC1. The zero-order valence-electron chi connectivity index (χ0n) is 15.8. The van der Waals surface area contributed by atoms with E-state index in [4.69, 9.17) is 0 Å². The highest BCUT2D eigenvalue weighted by Gasteiger charge is 2.17. The Morgan fingerprint density at radius 2 is 1.71 bits per heavy atom. The van der Waals surface area contributed by atoms with Gasteiger partial charge in [-0.1, -0.05) is 36.4 Å². The van der Waals surface area contributed by atoms with Crippen molar-refractivity contribution in [1.82, 2.24) is 19.7 Å². The minimum absolute atomic E-state index is 0.0114. The highest BCUT2D eigenvalue weighted by Crippen LogP contribution is 2.25. The van der Waals surface area contributed by atoms with E-state index in [-0.39, 0.29) is 5.56 Å². The smallest absolute Gasteiger partial charge is 0.279 e. The van der Waals surface area contributed by atoms with Crippen molar-refractivity contribution in [3.05, 3.63) is 71.1 Å². The topological polar surface area (TPSA) is 51.9 Å². The van der Waals surface area contributed by atoms with Crippen LogP contribution in [0.25, 0.3) is 27.5 Å². The summed E-state index contributed by atoms with van der Waals surface area (Å²) in [7, 11) is 0. The van der Waals surface area contributed by atoms with E-state index in [1.807, 2.05) is 57.9 Å². The summed E-state index contributed by atoms with van der Waals surface area (Å²) in [6.45, 7) is 2.92. The van der Waals surface area contributed by atoms with Gasteiger partial charge in [0, 0.05) is 23.5 Å². The number of nitrogens with zero attached hydrogens (tertiary/aromatic N) is 3. The average molecular weight is 372 g/mol. The highest BCUT2D eigenvalue weighted by atomic mass is 16.1. The Kier molecular flexibility index (Phi) is 4.45. The van der Waals surface area contributed by atoms with Gasteiger partial charge in [-0.05, 0) is 56.5 Å². The Balaban J connectivity index is 1.62.